The second kappa shape index (κ2) is 22.4. The van der Waals surface area contributed by atoms with E-state index < -0.39 is 0 Å². The van der Waals surface area contributed by atoms with Crippen molar-refractivity contribution >= 4 is 113 Å². The summed E-state index contributed by atoms with van der Waals surface area (Å²) in [5, 5.41) is 2.10. The zero-order chi connectivity index (χ0) is 62.2. The van der Waals surface area contributed by atoms with Crippen LogP contribution in [0, 0.1) is 0 Å². The highest BCUT2D eigenvalue weighted by Gasteiger charge is 2.47. The third-order valence-corrected chi connectivity index (χ3v) is 18.7. The van der Waals surface area contributed by atoms with Gasteiger partial charge in [0.2, 0.25) is 0 Å². The number of anilines is 12. The largest absolute Gasteiger partial charge is 0.456 e. The molecule has 13 aromatic carbocycles. The van der Waals surface area contributed by atoms with Crippen LogP contribution in [-0.4, -0.2) is 6.71 Å². The zero-order valence-corrected chi connectivity index (χ0v) is 52.7. The molecule has 0 saturated carbocycles. The van der Waals surface area contributed by atoms with Crippen LogP contribution in [0.5, 0.6) is 0 Å². The average molecular weight is 1190 g/mol. The van der Waals surface area contributed by atoms with E-state index in [4.69, 9.17) is 4.42 Å². The summed E-state index contributed by atoms with van der Waals surface area (Å²) in [5.41, 5.74) is 27.0. The predicted octanol–water partition coefficient (Wildman–Crippen LogP) is 22.2. The van der Waals surface area contributed by atoms with Gasteiger partial charge in [0.1, 0.15) is 11.2 Å². The number of benzene rings is 13. The van der Waals surface area contributed by atoms with E-state index in [-0.39, 0.29) is 17.5 Å². The van der Waals surface area contributed by atoms with Gasteiger partial charge in [-0.2, -0.15) is 0 Å². The first-order valence-corrected chi connectivity index (χ1v) is 32.1. The van der Waals surface area contributed by atoms with Gasteiger partial charge < -0.3 is 24.0 Å². The van der Waals surface area contributed by atoms with Gasteiger partial charge in [0, 0.05) is 67.7 Å². The summed E-state index contributed by atoms with van der Waals surface area (Å²) in [6, 6.07) is 114. The Morgan fingerprint density at radius 1 is 0.315 bits per heavy atom. The van der Waals surface area contributed by atoms with Crippen molar-refractivity contribution in [2.45, 2.75) is 52.4 Å². The van der Waals surface area contributed by atoms with E-state index in [1.54, 1.807) is 0 Å². The molecule has 14 aromatic rings. The lowest BCUT2D eigenvalue weighted by Gasteiger charge is -2.45. The average Bonchev–Trinajstić information content (AvgIpc) is 1.04. The lowest BCUT2D eigenvalue weighted by molar-refractivity contribution is 0.569. The number of nitrogens with zero attached hydrogens (tertiary/aromatic N) is 4. The minimum absolute atomic E-state index is 0.139. The van der Waals surface area contributed by atoms with Crippen LogP contribution in [0.15, 0.2) is 314 Å². The van der Waals surface area contributed by atoms with E-state index in [1.807, 2.05) is 0 Å². The molecule has 442 valence electrons. The smallest absolute Gasteiger partial charge is 0.257 e. The van der Waals surface area contributed by atoms with Crippen molar-refractivity contribution in [3.8, 4) is 33.4 Å². The minimum atomic E-state index is -0.347. The third-order valence-electron chi connectivity index (χ3n) is 18.7. The monoisotopic (exact) mass is 1180 g/mol. The molecule has 3 heterocycles. The lowest BCUT2D eigenvalue weighted by atomic mass is 9.33. The van der Waals surface area contributed by atoms with E-state index in [0.29, 0.717) is 0 Å². The summed E-state index contributed by atoms with van der Waals surface area (Å²) in [7, 11) is 0. The summed E-state index contributed by atoms with van der Waals surface area (Å²) in [6.45, 7) is 13.7. The molecule has 0 saturated heterocycles. The number of para-hydroxylation sites is 7. The summed E-state index contributed by atoms with van der Waals surface area (Å²) in [6.07, 6.45) is 0. The van der Waals surface area contributed by atoms with Crippen LogP contribution in [-0.2, 0) is 10.8 Å². The topological polar surface area (TPSA) is 26.1 Å². The van der Waals surface area contributed by atoms with E-state index in [1.165, 1.54) is 27.6 Å². The molecule has 0 N–H and O–H groups in total. The highest BCUT2D eigenvalue weighted by Crippen LogP contribution is 2.54. The fraction of sp³-hybridized carbons (Fsp3) is 0.0930. The van der Waals surface area contributed by atoms with Crippen molar-refractivity contribution in [3.05, 3.63) is 321 Å². The van der Waals surface area contributed by atoms with Gasteiger partial charge in [-0.05, 0) is 158 Å². The Kier molecular flexibility index (Phi) is 13.7. The molecule has 2 aliphatic heterocycles. The SMILES string of the molecule is CC(C)(C)c1cc(-c2cc3c4c(c2)N(c2ccccc2-c2ccccc2)c2cc(N(c5ccccc5)c5ccccc5)c5c(oc6ccccc65)c2B4c2ccc(N(c4ccccc4)c4ccccc4)cc2N3c2ccccc2-c2ccccc2)cc(C(C)(C)C)c1. The number of hydrogen-bond acceptors (Lipinski definition) is 5. The van der Waals surface area contributed by atoms with Gasteiger partial charge in [-0.1, -0.05) is 254 Å². The first kappa shape index (κ1) is 56.2. The van der Waals surface area contributed by atoms with Crippen molar-refractivity contribution in [2.24, 2.45) is 0 Å². The summed E-state index contributed by atoms with van der Waals surface area (Å²) >= 11 is 0. The maximum absolute atomic E-state index is 7.71. The molecule has 0 atom stereocenters. The van der Waals surface area contributed by atoms with Crippen LogP contribution < -0.4 is 36.0 Å². The Hall–Kier alpha value is -11.1. The van der Waals surface area contributed by atoms with Crippen LogP contribution >= 0.6 is 0 Å². The normalized spacial score (nSPS) is 12.6. The van der Waals surface area contributed by atoms with Crippen LogP contribution in [0.2, 0.25) is 0 Å². The number of hydrogen-bond donors (Lipinski definition) is 0. The van der Waals surface area contributed by atoms with Crippen molar-refractivity contribution in [1.29, 1.82) is 0 Å². The third kappa shape index (κ3) is 9.64. The van der Waals surface area contributed by atoms with Crippen molar-refractivity contribution in [1.82, 2.24) is 0 Å². The molecule has 6 heteroatoms. The van der Waals surface area contributed by atoms with E-state index in [9.17, 15) is 0 Å². The Morgan fingerprint density at radius 3 is 1.23 bits per heavy atom. The molecule has 0 aliphatic carbocycles. The number of furan rings is 1. The van der Waals surface area contributed by atoms with Crippen LogP contribution in [0.1, 0.15) is 52.7 Å². The van der Waals surface area contributed by atoms with Gasteiger partial charge in [0.25, 0.3) is 6.71 Å². The fourth-order valence-corrected chi connectivity index (χ4v) is 14.2. The molecule has 0 amide bonds. The quantitative estimate of drug-likeness (QED) is 0.120. The summed E-state index contributed by atoms with van der Waals surface area (Å²) in [5.74, 6) is 0. The summed E-state index contributed by atoms with van der Waals surface area (Å²) in [4.78, 5) is 10.0. The maximum Gasteiger partial charge on any atom is 0.257 e. The van der Waals surface area contributed by atoms with Gasteiger partial charge >= 0.3 is 0 Å². The minimum Gasteiger partial charge on any atom is -0.456 e. The Labute approximate surface area is 540 Å². The standard InChI is InChI=1S/C86H69BN4O/c1-85(2,3)62-51-60(52-63(55-62)86(4,5)6)61-53-77-82-78(54-61)91(74-47-29-26-44-70(74)59-33-15-8-16-34-59)79-57-76(89(66-39-21-11-22-40-66)67-41-23-12-24-42-67)81-71-45-27-30-48-80(71)92-84(81)83(79)87(82)72-50-49-68(88(64-35-17-9-18-36-64)65-37-19-10-20-38-65)56-75(72)90(77)73-46-28-25-43-69(73)58-31-13-7-14-32-58/h7-57H,1-6H3. The van der Waals surface area contributed by atoms with Crippen LogP contribution in [0.3, 0.4) is 0 Å². The highest BCUT2D eigenvalue weighted by molar-refractivity contribution is 7.01. The van der Waals surface area contributed by atoms with Gasteiger partial charge in [-0.15, -0.1) is 0 Å². The molecule has 0 spiro atoms. The zero-order valence-electron chi connectivity index (χ0n) is 52.7. The maximum atomic E-state index is 7.71. The molecule has 0 bridgehead atoms. The van der Waals surface area contributed by atoms with Crippen LogP contribution in [0.25, 0.3) is 55.3 Å². The van der Waals surface area contributed by atoms with E-state index in [0.717, 1.165) is 123 Å². The lowest BCUT2D eigenvalue weighted by Crippen LogP contribution is -2.61. The van der Waals surface area contributed by atoms with Crippen molar-refractivity contribution < 1.29 is 4.42 Å². The number of fused-ring (bicyclic) bond motifs is 8. The Morgan fingerprint density at radius 2 is 0.728 bits per heavy atom. The van der Waals surface area contributed by atoms with Crippen LogP contribution in [0.4, 0.5) is 68.2 Å². The molecule has 5 nitrogen and oxygen atoms in total. The van der Waals surface area contributed by atoms with Gasteiger partial charge in [0.15, 0.2) is 0 Å². The number of rotatable bonds is 11. The molecule has 0 fully saturated rings. The fourth-order valence-electron chi connectivity index (χ4n) is 14.2. The van der Waals surface area contributed by atoms with Gasteiger partial charge in [0.05, 0.1) is 22.4 Å². The molecule has 92 heavy (non-hydrogen) atoms. The van der Waals surface area contributed by atoms with Crippen molar-refractivity contribution in [2.75, 3.05) is 19.6 Å². The molecular weight excluding hydrogens is 1120 g/mol. The van der Waals surface area contributed by atoms with E-state index in [2.05, 4.69) is 371 Å². The summed E-state index contributed by atoms with van der Waals surface area (Å²) < 4.78 is 7.71. The van der Waals surface area contributed by atoms with Gasteiger partial charge in [-0.3, -0.25) is 0 Å². The first-order chi connectivity index (χ1) is 44.9. The first-order valence-electron chi connectivity index (χ1n) is 32.1. The van der Waals surface area contributed by atoms with Crippen molar-refractivity contribution in [3.63, 3.8) is 0 Å². The molecule has 1 aromatic heterocycles. The Bertz CT molecular complexity index is 4950. The van der Waals surface area contributed by atoms with Gasteiger partial charge in [-0.25, -0.2) is 0 Å². The molecular formula is C86H69BN4O. The highest BCUT2D eigenvalue weighted by atomic mass is 16.3. The van der Waals surface area contributed by atoms with E-state index >= 15 is 0 Å². The predicted molar refractivity (Wildman–Crippen MR) is 391 cm³/mol. The Balaban J connectivity index is 1.11. The molecule has 0 radical (unpaired) electrons. The molecule has 0 unspecified atom stereocenters. The molecule has 16 rings (SSSR count). The second-order valence-corrected chi connectivity index (χ2v) is 26.5. The second-order valence-electron chi connectivity index (χ2n) is 26.5. The molecule has 2 aliphatic rings.